The number of carbonyl (C=O) groups is 2. The number of fused-ring (bicyclic) bond motifs is 4. The van der Waals surface area contributed by atoms with Gasteiger partial charge in [-0.05, 0) is 48.9 Å². The van der Waals surface area contributed by atoms with E-state index in [1.807, 2.05) is 36.4 Å². The maximum atomic E-state index is 12.9. The summed E-state index contributed by atoms with van der Waals surface area (Å²) >= 11 is 0. The summed E-state index contributed by atoms with van der Waals surface area (Å²) in [4.78, 5) is 25.7. The molecule has 0 spiro atoms. The Morgan fingerprint density at radius 2 is 1.85 bits per heavy atom. The van der Waals surface area contributed by atoms with E-state index in [-0.39, 0.29) is 43.7 Å². The molecule has 3 aromatic carbocycles. The van der Waals surface area contributed by atoms with Gasteiger partial charge in [0, 0.05) is 34.8 Å². The largest absolute Gasteiger partial charge is 0.496 e. The van der Waals surface area contributed by atoms with E-state index in [9.17, 15) is 14.7 Å². The summed E-state index contributed by atoms with van der Waals surface area (Å²) in [6.45, 7) is 0.238. The van der Waals surface area contributed by atoms with Crippen molar-refractivity contribution in [2.45, 2.75) is 43.6 Å². The van der Waals surface area contributed by atoms with Gasteiger partial charge in [0.15, 0.2) is 11.5 Å². The Bertz CT molecular complexity index is 1430. The normalized spacial score (nSPS) is 22.1. The van der Waals surface area contributed by atoms with Crippen LogP contribution in [0.1, 0.15) is 40.2 Å². The summed E-state index contributed by atoms with van der Waals surface area (Å²) in [6.07, 6.45) is -0.685. The number of methoxy groups -OCH3 is 1. The molecule has 6 rings (SSSR count). The number of carbonyl (C=O) groups excluding carboxylic acids is 2. The topological polar surface area (TPSA) is 125 Å². The van der Waals surface area contributed by atoms with Crippen LogP contribution in [0.5, 0.6) is 23.0 Å². The van der Waals surface area contributed by atoms with E-state index in [0.717, 1.165) is 11.1 Å². The van der Waals surface area contributed by atoms with Crippen molar-refractivity contribution in [2.24, 2.45) is 0 Å². The van der Waals surface area contributed by atoms with Crippen LogP contribution in [0.2, 0.25) is 0 Å². The highest BCUT2D eigenvalue weighted by Crippen LogP contribution is 2.47. The SMILES string of the molecule is COc1ccccc1CNC(=O)C[C@H]1C[C@H]2c3cc(NC(=O)c4ccc5c(c4)OCO5)ccc3O[C@H]2[C@@H](CO)O1. The molecule has 208 valence electrons. The fraction of sp³-hybridized carbons (Fsp3) is 0.333. The Labute approximate surface area is 231 Å². The van der Waals surface area contributed by atoms with E-state index in [4.69, 9.17) is 23.7 Å². The zero-order chi connectivity index (χ0) is 27.6. The van der Waals surface area contributed by atoms with Gasteiger partial charge in [0.25, 0.3) is 5.91 Å². The molecule has 0 bridgehead atoms. The predicted molar refractivity (Wildman–Crippen MR) is 144 cm³/mol. The maximum Gasteiger partial charge on any atom is 0.255 e. The molecule has 1 saturated heterocycles. The van der Waals surface area contributed by atoms with Gasteiger partial charge in [-0.3, -0.25) is 9.59 Å². The van der Waals surface area contributed by atoms with Gasteiger partial charge in [-0.25, -0.2) is 0 Å². The van der Waals surface area contributed by atoms with Crippen LogP contribution in [0.4, 0.5) is 5.69 Å². The summed E-state index contributed by atoms with van der Waals surface area (Å²) in [5, 5.41) is 15.9. The highest BCUT2D eigenvalue weighted by molar-refractivity contribution is 6.04. The van der Waals surface area contributed by atoms with Crippen molar-refractivity contribution >= 4 is 17.5 Å². The zero-order valence-corrected chi connectivity index (χ0v) is 21.9. The van der Waals surface area contributed by atoms with Gasteiger partial charge in [-0.2, -0.15) is 0 Å². The molecule has 3 heterocycles. The first-order valence-corrected chi connectivity index (χ1v) is 13.2. The lowest BCUT2D eigenvalue weighted by molar-refractivity contribution is -0.142. The van der Waals surface area contributed by atoms with Gasteiger partial charge in [-0.1, -0.05) is 18.2 Å². The molecule has 3 aliphatic heterocycles. The highest BCUT2D eigenvalue weighted by atomic mass is 16.7. The number of anilines is 1. The number of amides is 2. The second-order valence-corrected chi connectivity index (χ2v) is 9.97. The molecule has 10 heteroatoms. The van der Waals surface area contributed by atoms with E-state index in [1.165, 1.54) is 0 Å². The third-order valence-electron chi connectivity index (χ3n) is 7.47. The molecule has 3 N–H and O–H groups in total. The molecular weight excluding hydrogens is 516 g/mol. The van der Waals surface area contributed by atoms with Crippen LogP contribution in [0, 0.1) is 0 Å². The van der Waals surface area contributed by atoms with Crippen molar-refractivity contribution in [1.82, 2.24) is 5.32 Å². The van der Waals surface area contributed by atoms with Gasteiger partial charge in [0.2, 0.25) is 12.7 Å². The number of benzene rings is 3. The molecule has 0 aromatic heterocycles. The first-order valence-electron chi connectivity index (χ1n) is 13.2. The van der Waals surface area contributed by atoms with E-state index in [0.29, 0.717) is 47.2 Å². The molecule has 10 nitrogen and oxygen atoms in total. The van der Waals surface area contributed by atoms with Gasteiger partial charge in [-0.15, -0.1) is 0 Å². The maximum absolute atomic E-state index is 12.9. The Morgan fingerprint density at radius 3 is 2.70 bits per heavy atom. The molecule has 2 amide bonds. The number of hydrogen-bond acceptors (Lipinski definition) is 8. The summed E-state index contributed by atoms with van der Waals surface area (Å²) < 4.78 is 28.3. The van der Waals surface area contributed by atoms with Crippen LogP contribution >= 0.6 is 0 Å². The first kappa shape index (κ1) is 26.0. The zero-order valence-electron chi connectivity index (χ0n) is 21.9. The van der Waals surface area contributed by atoms with Crippen LogP contribution in [0.15, 0.2) is 60.7 Å². The average molecular weight is 547 g/mol. The predicted octanol–water partition coefficient (Wildman–Crippen LogP) is 3.38. The van der Waals surface area contributed by atoms with Crippen molar-refractivity contribution < 1.29 is 38.4 Å². The lowest BCUT2D eigenvalue weighted by atomic mass is 9.84. The van der Waals surface area contributed by atoms with Crippen molar-refractivity contribution in [3.05, 3.63) is 77.4 Å². The van der Waals surface area contributed by atoms with Crippen molar-refractivity contribution in [2.75, 3.05) is 25.8 Å². The minimum Gasteiger partial charge on any atom is -0.496 e. The molecule has 40 heavy (non-hydrogen) atoms. The van der Waals surface area contributed by atoms with Crippen LogP contribution in [-0.2, 0) is 16.1 Å². The number of hydrogen-bond donors (Lipinski definition) is 3. The van der Waals surface area contributed by atoms with Gasteiger partial charge in [0.05, 0.1) is 26.2 Å². The van der Waals surface area contributed by atoms with E-state index < -0.39 is 12.2 Å². The molecule has 0 unspecified atom stereocenters. The van der Waals surface area contributed by atoms with Crippen molar-refractivity contribution in [1.29, 1.82) is 0 Å². The third kappa shape index (κ3) is 5.15. The summed E-state index contributed by atoms with van der Waals surface area (Å²) in [6, 6.07) is 18.0. The second-order valence-electron chi connectivity index (χ2n) is 9.97. The lowest BCUT2D eigenvalue weighted by Crippen LogP contribution is -2.47. The number of para-hydroxylation sites is 1. The summed E-state index contributed by atoms with van der Waals surface area (Å²) in [5.41, 5.74) is 2.85. The van der Waals surface area contributed by atoms with Crippen LogP contribution < -0.4 is 29.6 Å². The number of aliphatic hydroxyl groups excluding tert-OH is 1. The molecule has 4 atom stereocenters. The van der Waals surface area contributed by atoms with E-state index in [1.54, 1.807) is 31.4 Å². The van der Waals surface area contributed by atoms with Crippen molar-refractivity contribution in [3.8, 4) is 23.0 Å². The summed E-state index contributed by atoms with van der Waals surface area (Å²) in [5.74, 6) is 2.00. The molecule has 0 aliphatic carbocycles. The summed E-state index contributed by atoms with van der Waals surface area (Å²) in [7, 11) is 1.59. The fourth-order valence-electron chi connectivity index (χ4n) is 5.53. The van der Waals surface area contributed by atoms with Crippen molar-refractivity contribution in [3.63, 3.8) is 0 Å². The van der Waals surface area contributed by atoms with Crippen LogP contribution in [0.3, 0.4) is 0 Å². The smallest absolute Gasteiger partial charge is 0.255 e. The lowest BCUT2D eigenvalue weighted by Gasteiger charge is -2.37. The number of nitrogens with one attached hydrogen (secondary N) is 2. The minimum absolute atomic E-state index is 0.102. The van der Waals surface area contributed by atoms with Gasteiger partial charge in [0.1, 0.15) is 23.7 Å². The minimum atomic E-state index is -0.579. The molecular formula is C30H30N2O8. The molecule has 0 radical (unpaired) electrons. The van der Waals surface area contributed by atoms with E-state index >= 15 is 0 Å². The Morgan fingerprint density at radius 1 is 1.02 bits per heavy atom. The van der Waals surface area contributed by atoms with Gasteiger partial charge >= 0.3 is 0 Å². The quantitative estimate of drug-likeness (QED) is 0.393. The van der Waals surface area contributed by atoms with Crippen LogP contribution in [0.25, 0.3) is 0 Å². The Kier molecular flexibility index (Phi) is 7.19. The second kappa shape index (κ2) is 11.1. The number of rotatable bonds is 8. The first-order chi connectivity index (χ1) is 19.5. The molecule has 3 aliphatic rings. The van der Waals surface area contributed by atoms with E-state index in [2.05, 4.69) is 10.6 Å². The molecule has 0 saturated carbocycles. The fourth-order valence-corrected chi connectivity index (χ4v) is 5.53. The Hall–Kier alpha value is -4.28. The number of ether oxygens (including phenoxy) is 5. The molecule has 1 fully saturated rings. The van der Waals surface area contributed by atoms with Gasteiger partial charge < -0.3 is 39.4 Å². The third-order valence-corrected chi connectivity index (χ3v) is 7.47. The average Bonchev–Trinajstić information content (AvgIpc) is 3.60. The van der Waals surface area contributed by atoms with Crippen LogP contribution in [-0.4, -0.2) is 55.7 Å². The standard InChI is InChI=1S/C30H30N2O8/c1-36-23-5-3-2-4-18(23)14-31-28(34)13-20-12-22-21-11-19(7-9-24(21)40-29(22)27(15-33)39-20)32-30(35)17-6-8-25-26(10-17)38-16-37-25/h2-11,20,22,27,29,33H,12-16H2,1H3,(H,31,34)(H,32,35)/t20-,22+,27-,29-/m1/s1. The highest BCUT2D eigenvalue weighted by Gasteiger charge is 2.46. The molecule has 3 aromatic rings. The number of aliphatic hydroxyl groups is 1. The monoisotopic (exact) mass is 546 g/mol. The Balaban J connectivity index is 1.13.